The number of fused-ring (bicyclic) bond motifs is 13. The van der Waals surface area contributed by atoms with Crippen LogP contribution in [0.25, 0.3) is 121 Å². The lowest BCUT2D eigenvalue weighted by Gasteiger charge is -2.30. The van der Waals surface area contributed by atoms with Gasteiger partial charge in [0.1, 0.15) is 0 Å². The molecule has 0 amide bonds. The summed E-state index contributed by atoms with van der Waals surface area (Å²) >= 11 is 0. The zero-order valence-corrected chi connectivity index (χ0v) is 48.0. The van der Waals surface area contributed by atoms with Crippen molar-refractivity contribution in [3.05, 3.63) is 307 Å². The summed E-state index contributed by atoms with van der Waals surface area (Å²) in [4.78, 5) is 2.51. The first kappa shape index (κ1) is 49.2. The highest BCUT2D eigenvalue weighted by Crippen LogP contribution is 2.55. The number of nitrogens with zero attached hydrogens (tertiary/aromatic N) is 3. The minimum Gasteiger partial charge on any atom is -0.310 e. The molecule has 17 rings (SSSR count). The summed E-state index contributed by atoms with van der Waals surface area (Å²) in [7, 11) is 0. The molecule has 0 saturated heterocycles. The molecule has 3 heteroatoms. The molecule has 0 N–H and O–H groups in total. The zero-order chi connectivity index (χ0) is 56.7. The molecule has 0 radical (unpaired) electrons. The highest BCUT2D eigenvalue weighted by molar-refractivity contribution is 6.21. The fraction of sp³-hybridized carbons (Fsp3) is 0.0732. The largest absolute Gasteiger partial charge is 0.310 e. The van der Waals surface area contributed by atoms with E-state index in [0.29, 0.717) is 0 Å². The Hall–Kier alpha value is -10.5. The second-order valence-electron chi connectivity index (χ2n) is 24.4. The van der Waals surface area contributed by atoms with E-state index in [-0.39, 0.29) is 10.8 Å². The normalized spacial score (nSPS) is 13.6. The molecule has 402 valence electrons. The topological polar surface area (TPSA) is 13.1 Å². The van der Waals surface area contributed by atoms with Gasteiger partial charge in [0.2, 0.25) is 0 Å². The first-order valence-electron chi connectivity index (χ1n) is 29.8. The minimum absolute atomic E-state index is 0.163. The van der Waals surface area contributed by atoms with Crippen LogP contribution in [-0.2, 0) is 10.8 Å². The summed E-state index contributed by atoms with van der Waals surface area (Å²) in [6, 6.07) is 107. The Labute approximate surface area is 495 Å². The second kappa shape index (κ2) is 18.5. The average molecular weight is 1090 g/mol. The Morgan fingerprint density at radius 3 is 1.54 bits per heavy atom. The Balaban J connectivity index is 0.848. The van der Waals surface area contributed by atoms with Crippen molar-refractivity contribution in [1.29, 1.82) is 0 Å². The predicted molar refractivity (Wildman–Crippen MR) is 359 cm³/mol. The molecular formula is C82H59N3. The van der Waals surface area contributed by atoms with E-state index >= 15 is 0 Å². The maximum Gasteiger partial charge on any atom is 0.0620 e. The second-order valence-corrected chi connectivity index (χ2v) is 24.4. The van der Waals surface area contributed by atoms with E-state index in [0.717, 1.165) is 22.7 Å². The van der Waals surface area contributed by atoms with Crippen LogP contribution in [0.2, 0.25) is 0 Å². The molecule has 3 nitrogen and oxygen atoms in total. The van der Waals surface area contributed by atoms with Gasteiger partial charge in [0.15, 0.2) is 0 Å². The van der Waals surface area contributed by atoms with Gasteiger partial charge in [0, 0.05) is 66.1 Å². The van der Waals surface area contributed by atoms with Crippen LogP contribution in [0.1, 0.15) is 49.9 Å². The van der Waals surface area contributed by atoms with E-state index in [4.69, 9.17) is 0 Å². The van der Waals surface area contributed by atoms with E-state index in [1.165, 1.54) is 138 Å². The van der Waals surface area contributed by atoms with Crippen molar-refractivity contribution in [2.75, 3.05) is 4.90 Å². The average Bonchev–Trinajstić information content (AvgIpc) is 1.85. The smallest absolute Gasteiger partial charge is 0.0620 e. The quantitative estimate of drug-likeness (QED) is 0.148. The van der Waals surface area contributed by atoms with E-state index < -0.39 is 0 Å². The zero-order valence-electron chi connectivity index (χ0n) is 48.0. The van der Waals surface area contributed by atoms with Gasteiger partial charge in [0.25, 0.3) is 0 Å². The lowest BCUT2D eigenvalue weighted by molar-refractivity contribution is 0.660. The Morgan fingerprint density at radius 2 is 0.812 bits per heavy atom. The van der Waals surface area contributed by atoms with Crippen LogP contribution in [0.4, 0.5) is 17.1 Å². The molecule has 2 aliphatic rings. The molecule has 2 aliphatic carbocycles. The maximum absolute atomic E-state index is 2.56. The molecular weight excluding hydrogens is 1030 g/mol. The summed E-state index contributed by atoms with van der Waals surface area (Å²) in [5.41, 5.74) is 26.6. The fourth-order valence-electron chi connectivity index (χ4n) is 15.1. The number of rotatable bonds is 8. The van der Waals surface area contributed by atoms with E-state index in [9.17, 15) is 0 Å². The van der Waals surface area contributed by atoms with Gasteiger partial charge in [-0.05, 0) is 156 Å². The van der Waals surface area contributed by atoms with Crippen molar-refractivity contribution >= 4 is 71.3 Å². The third kappa shape index (κ3) is 7.26. The summed E-state index contributed by atoms with van der Waals surface area (Å²) in [5, 5.41) is 8.56. The lowest BCUT2D eigenvalue weighted by atomic mass is 9.81. The molecule has 0 spiro atoms. The monoisotopic (exact) mass is 1090 g/mol. The first-order chi connectivity index (χ1) is 41.7. The Bertz CT molecular complexity index is 5230. The number of para-hydroxylation sites is 2. The lowest BCUT2D eigenvalue weighted by Crippen LogP contribution is -2.18. The third-order valence-electron chi connectivity index (χ3n) is 19.1. The van der Waals surface area contributed by atoms with Gasteiger partial charge in [-0.15, -0.1) is 0 Å². The van der Waals surface area contributed by atoms with Crippen LogP contribution in [0.3, 0.4) is 0 Å². The fourth-order valence-corrected chi connectivity index (χ4v) is 15.1. The van der Waals surface area contributed by atoms with Crippen molar-refractivity contribution in [2.24, 2.45) is 0 Å². The van der Waals surface area contributed by atoms with Crippen molar-refractivity contribution in [3.8, 4) is 67.1 Å². The van der Waals surface area contributed by atoms with Crippen LogP contribution >= 0.6 is 0 Å². The van der Waals surface area contributed by atoms with Gasteiger partial charge in [0.05, 0.1) is 27.9 Å². The predicted octanol–water partition coefficient (Wildman–Crippen LogP) is 22.1. The first-order valence-corrected chi connectivity index (χ1v) is 29.8. The molecule has 0 unspecified atom stereocenters. The molecule has 0 saturated carbocycles. The molecule has 0 aliphatic heterocycles. The molecule has 0 atom stereocenters. The molecule has 0 bridgehead atoms. The van der Waals surface area contributed by atoms with Crippen LogP contribution in [-0.4, -0.2) is 9.13 Å². The van der Waals surface area contributed by atoms with Crippen LogP contribution in [0.15, 0.2) is 285 Å². The van der Waals surface area contributed by atoms with E-state index in [2.05, 4.69) is 327 Å². The summed E-state index contributed by atoms with van der Waals surface area (Å²) in [6.07, 6.45) is 0. The number of hydrogen-bond donors (Lipinski definition) is 0. The number of aromatic nitrogens is 2. The van der Waals surface area contributed by atoms with Crippen molar-refractivity contribution in [2.45, 2.75) is 38.5 Å². The maximum atomic E-state index is 2.56. The van der Waals surface area contributed by atoms with E-state index in [1.807, 2.05) is 0 Å². The van der Waals surface area contributed by atoms with Crippen molar-refractivity contribution in [1.82, 2.24) is 9.13 Å². The number of anilines is 3. The van der Waals surface area contributed by atoms with Crippen molar-refractivity contribution in [3.63, 3.8) is 0 Å². The van der Waals surface area contributed by atoms with Gasteiger partial charge in [-0.2, -0.15) is 0 Å². The van der Waals surface area contributed by atoms with E-state index in [1.54, 1.807) is 0 Å². The summed E-state index contributed by atoms with van der Waals surface area (Å²) in [5.74, 6) is 0. The standard InChI is InChI=1S/C82H59N3/c1-81(2)71-36-20-18-33-62(71)64-44-40-58(49-73(64)81)83(57-42-46-77-69(48-57)66-34-19-21-37-76(66)84(77)56-29-12-7-13-30-56)59-41-45-65-63-43-39-55(47-72(63)82(3,4)74(65)50-59)68-51-70-78(53-24-8-5-9-25-53)79(54-26-10-6-11-27-54)85(80(70)67-35-17-16-32-61(67)68)75-38-22-28-52-23-14-15-31-60(52)75/h5-51H,1-4H3. The SMILES string of the molecule is CC1(C)c2ccccc2-c2ccc(N(c3ccc4c(c3)C(C)(C)c3cc(-c5cc6c(-c7ccccc7)c(-c7ccccc7)n(-c7cccc8ccccc78)c6c6ccccc56)ccc3-4)c3ccc4c(c3)c3ccccc3n4-c3ccccc3)cc21. The molecule has 15 aromatic rings. The molecule has 0 fully saturated rings. The van der Waals surface area contributed by atoms with Crippen LogP contribution in [0.5, 0.6) is 0 Å². The number of hydrogen-bond acceptors (Lipinski definition) is 1. The van der Waals surface area contributed by atoms with Crippen LogP contribution in [0, 0.1) is 0 Å². The molecule has 2 aromatic heterocycles. The summed E-state index contributed by atoms with van der Waals surface area (Å²) < 4.78 is 4.97. The third-order valence-corrected chi connectivity index (χ3v) is 19.1. The highest BCUT2D eigenvalue weighted by Gasteiger charge is 2.39. The molecule has 13 aromatic carbocycles. The summed E-state index contributed by atoms with van der Waals surface area (Å²) in [6.45, 7) is 9.63. The van der Waals surface area contributed by atoms with Gasteiger partial charge < -0.3 is 14.0 Å². The minimum atomic E-state index is -0.329. The highest BCUT2D eigenvalue weighted by atomic mass is 15.1. The molecule has 2 heterocycles. The van der Waals surface area contributed by atoms with Gasteiger partial charge in [-0.1, -0.05) is 234 Å². The Kier molecular flexibility index (Phi) is 10.7. The van der Waals surface area contributed by atoms with Crippen molar-refractivity contribution < 1.29 is 0 Å². The Morgan fingerprint density at radius 1 is 0.294 bits per heavy atom. The number of benzene rings is 13. The van der Waals surface area contributed by atoms with Gasteiger partial charge >= 0.3 is 0 Å². The molecule has 85 heavy (non-hydrogen) atoms. The van der Waals surface area contributed by atoms with Crippen LogP contribution < -0.4 is 4.90 Å². The van der Waals surface area contributed by atoms with Gasteiger partial charge in [-0.3, -0.25) is 0 Å². The van der Waals surface area contributed by atoms with Gasteiger partial charge in [-0.25, -0.2) is 0 Å².